The SMILES string of the molecule is Cc1ccc(C)c(OCC(=O)NCc2ccc(N3CCC[C@H](C(N)=O)C3)cc2)c1. The summed E-state index contributed by atoms with van der Waals surface area (Å²) in [6, 6.07) is 14.0. The van der Waals surface area contributed by atoms with Crippen LogP contribution in [-0.4, -0.2) is 31.5 Å². The van der Waals surface area contributed by atoms with Crippen molar-refractivity contribution in [3.63, 3.8) is 0 Å². The molecule has 6 heteroatoms. The Morgan fingerprint density at radius 2 is 1.93 bits per heavy atom. The van der Waals surface area contributed by atoms with Crippen LogP contribution in [0, 0.1) is 19.8 Å². The highest BCUT2D eigenvalue weighted by molar-refractivity contribution is 5.78. The molecule has 1 fully saturated rings. The van der Waals surface area contributed by atoms with Crippen LogP contribution in [0.4, 0.5) is 5.69 Å². The summed E-state index contributed by atoms with van der Waals surface area (Å²) < 4.78 is 5.64. The first-order valence-electron chi connectivity index (χ1n) is 10.0. The third-order valence-electron chi connectivity index (χ3n) is 5.32. The molecule has 0 radical (unpaired) electrons. The maximum absolute atomic E-state index is 12.1. The van der Waals surface area contributed by atoms with Crippen LogP contribution in [0.25, 0.3) is 0 Å². The molecule has 0 bridgehead atoms. The van der Waals surface area contributed by atoms with Gasteiger partial charge in [-0.3, -0.25) is 9.59 Å². The Bertz CT molecular complexity index is 864. The monoisotopic (exact) mass is 395 g/mol. The number of anilines is 1. The van der Waals surface area contributed by atoms with E-state index < -0.39 is 0 Å². The Labute approximate surface area is 172 Å². The zero-order chi connectivity index (χ0) is 20.8. The summed E-state index contributed by atoms with van der Waals surface area (Å²) in [6.45, 7) is 5.98. The van der Waals surface area contributed by atoms with E-state index in [1.165, 1.54) is 0 Å². The molecule has 1 atom stereocenters. The first-order valence-corrected chi connectivity index (χ1v) is 10.0. The fourth-order valence-electron chi connectivity index (χ4n) is 3.53. The van der Waals surface area contributed by atoms with Gasteiger partial charge < -0.3 is 20.7 Å². The Morgan fingerprint density at radius 1 is 1.17 bits per heavy atom. The van der Waals surface area contributed by atoms with E-state index in [-0.39, 0.29) is 24.3 Å². The highest BCUT2D eigenvalue weighted by Gasteiger charge is 2.24. The van der Waals surface area contributed by atoms with Gasteiger partial charge in [0.15, 0.2) is 6.61 Å². The van der Waals surface area contributed by atoms with Crippen molar-refractivity contribution < 1.29 is 14.3 Å². The Hall–Kier alpha value is -3.02. The number of hydrogen-bond acceptors (Lipinski definition) is 4. The standard InChI is InChI=1S/C23H29N3O3/c1-16-5-6-17(2)21(12-16)29-15-22(27)25-13-18-7-9-20(10-8-18)26-11-3-4-19(14-26)23(24)28/h5-10,12,19H,3-4,11,13-15H2,1-2H3,(H2,24,28)(H,25,27)/t19-/m0/s1. The summed E-state index contributed by atoms with van der Waals surface area (Å²) in [5.74, 6) is 0.271. The molecule has 0 unspecified atom stereocenters. The maximum atomic E-state index is 12.1. The average Bonchev–Trinajstić information content (AvgIpc) is 2.73. The van der Waals surface area contributed by atoms with Gasteiger partial charge in [-0.25, -0.2) is 0 Å². The number of amides is 2. The second kappa shape index (κ2) is 9.45. The molecule has 1 heterocycles. The van der Waals surface area contributed by atoms with Crippen molar-refractivity contribution in [3.8, 4) is 5.75 Å². The number of carbonyl (C=O) groups excluding carboxylic acids is 2. The third-order valence-corrected chi connectivity index (χ3v) is 5.32. The molecule has 3 rings (SSSR count). The lowest BCUT2D eigenvalue weighted by atomic mass is 9.97. The van der Waals surface area contributed by atoms with Gasteiger partial charge in [-0.2, -0.15) is 0 Å². The van der Waals surface area contributed by atoms with E-state index >= 15 is 0 Å². The molecule has 1 saturated heterocycles. The van der Waals surface area contributed by atoms with Gasteiger partial charge in [0.1, 0.15) is 5.75 Å². The zero-order valence-electron chi connectivity index (χ0n) is 17.1. The van der Waals surface area contributed by atoms with Crippen molar-refractivity contribution in [1.82, 2.24) is 5.32 Å². The predicted molar refractivity (Wildman–Crippen MR) is 114 cm³/mol. The minimum Gasteiger partial charge on any atom is -0.483 e. The van der Waals surface area contributed by atoms with E-state index in [0.717, 1.165) is 47.5 Å². The summed E-state index contributed by atoms with van der Waals surface area (Å²) in [4.78, 5) is 25.8. The molecule has 0 aromatic heterocycles. The molecule has 0 saturated carbocycles. The van der Waals surface area contributed by atoms with Crippen molar-refractivity contribution in [2.75, 3.05) is 24.6 Å². The number of nitrogens with two attached hydrogens (primary N) is 1. The van der Waals surface area contributed by atoms with Gasteiger partial charge in [-0.05, 0) is 61.6 Å². The molecule has 2 amide bonds. The Kier molecular flexibility index (Phi) is 6.75. The zero-order valence-corrected chi connectivity index (χ0v) is 17.1. The summed E-state index contributed by atoms with van der Waals surface area (Å²) in [5, 5.41) is 2.89. The topological polar surface area (TPSA) is 84.7 Å². The molecule has 2 aromatic carbocycles. The second-order valence-corrected chi connectivity index (χ2v) is 7.69. The number of aryl methyl sites for hydroxylation is 2. The first-order chi connectivity index (χ1) is 13.9. The van der Waals surface area contributed by atoms with Crippen LogP contribution in [0.3, 0.4) is 0 Å². The number of nitrogens with one attached hydrogen (secondary N) is 1. The van der Waals surface area contributed by atoms with Crippen molar-refractivity contribution >= 4 is 17.5 Å². The lowest BCUT2D eigenvalue weighted by Crippen LogP contribution is -2.41. The van der Waals surface area contributed by atoms with E-state index in [9.17, 15) is 9.59 Å². The second-order valence-electron chi connectivity index (χ2n) is 7.69. The van der Waals surface area contributed by atoms with Gasteiger partial charge >= 0.3 is 0 Å². The number of hydrogen-bond donors (Lipinski definition) is 2. The van der Waals surface area contributed by atoms with Crippen molar-refractivity contribution in [1.29, 1.82) is 0 Å². The lowest BCUT2D eigenvalue weighted by molar-refractivity contribution is -0.123. The van der Waals surface area contributed by atoms with Crippen molar-refractivity contribution in [3.05, 3.63) is 59.2 Å². The third kappa shape index (κ3) is 5.73. The van der Waals surface area contributed by atoms with Crippen LogP contribution in [0.5, 0.6) is 5.75 Å². The van der Waals surface area contributed by atoms with Gasteiger partial charge in [-0.1, -0.05) is 24.3 Å². The molecule has 2 aromatic rings. The number of primary amides is 1. The van der Waals surface area contributed by atoms with Gasteiger partial charge in [-0.15, -0.1) is 0 Å². The highest BCUT2D eigenvalue weighted by Crippen LogP contribution is 2.23. The van der Waals surface area contributed by atoms with Gasteiger partial charge in [0, 0.05) is 25.3 Å². The largest absolute Gasteiger partial charge is 0.483 e. The molecular formula is C23H29N3O3. The molecule has 154 valence electrons. The molecular weight excluding hydrogens is 366 g/mol. The van der Waals surface area contributed by atoms with Gasteiger partial charge in [0.25, 0.3) is 5.91 Å². The molecule has 0 aliphatic carbocycles. The average molecular weight is 396 g/mol. The quantitative estimate of drug-likeness (QED) is 0.755. The number of rotatable bonds is 7. The van der Waals surface area contributed by atoms with E-state index in [4.69, 9.17) is 10.5 Å². The highest BCUT2D eigenvalue weighted by atomic mass is 16.5. The van der Waals surface area contributed by atoms with Gasteiger partial charge in [0.2, 0.25) is 5.91 Å². The number of piperidine rings is 1. The number of nitrogens with zero attached hydrogens (tertiary/aromatic N) is 1. The Balaban J connectivity index is 1.48. The summed E-state index contributed by atoms with van der Waals surface area (Å²) in [6.07, 6.45) is 1.83. The van der Waals surface area contributed by atoms with E-state index in [1.54, 1.807) is 0 Å². The number of ether oxygens (including phenoxy) is 1. The fourth-order valence-corrected chi connectivity index (χ4v) is 3.53. The smallest absolute Gasteiger partial charge is 0.258 e. The molecule has 1 aliphatic heterocycles. The van der Waals surface area contributed by atoms with Crippen LogP contribution in [-0.2, 0) is 16.1 Å². The van der Waals surface area contributed by atoms with Crippen molar-refractivity contribution in [2.24, 2.45) is 11.7 Å². The van der Waals surface area contributed by atoms with Crippen LogP contribution >= 0.6 is 0 Å². The summed E-state index contributed by atoms with van der Waals surface area (Å²) >= 11 is 0. The number of carbonyl (C=O) groups is 2. The maximum Gasteiger partial charge on any atom is 0.258 e. The van der Waals surface area contributed by atoms with Gasteiger partial charge in [0.05, 0.1) is 5.92 Å². The predicted octanol–water partition coefficient (Wildman–Crippen LogP) is 2.70. The summed E-state index contributed by atoms with van der Waals surface area (Å²) in [7, 11) is 0. The van der Waals surface area contributed by atoms with E-state index in [0.29, 0.717) is 13.1 Å². The molecule has 1 aliphatic rings. The first kappa shape index (κ1) is 20.7. The van der Waals surface area contributed by atoms with Crippen LogP contribution in [0.2, 0.25) is 0 Å². The minimum absolute atomic E-state index is 0.00927. The normalized spacial score (nSPS) is 16.3. The van der Waals surface area contributed by atoms with E-state index in [1.807, 2.05) is 56.3 Å². The molecule has 6 nitrogen and oxygen atoms in total. The fraction of sp³-hybridized carbons (Fsp3) is 0.391. The van der Waals surface area contributed by atoms with Crippen LogP contribution < -0.4 is 20.7 Å². The van der Waals surface area contributed by atoms with Crippen LogP contribution in [0.15, 0.2) is 42.5 Å². The lowest BCUT2D eigenvalue weighted by Gasteiger charge is -2.33. The molecule has 29 heavy (non-hydrogen) atoms. The molecule has 3 N–H and O–H groups in total. The van der Waals surface area contributed by atoms with Crippen LogP contribution in [0.1, 0.15) is 29.5 Å². The van der Waals surface area contributed by atoms with E-state index in [2.05, 4.69) is 10.2 Å². The van der Waals surface area contributed by atoms with Crippen molar-refractivity contribution in [2.45, 2.75) is 33.2 Å². The minimum atomic E-state index is -0.225. The summed E-state index contributed by atoms with van der Waals surface area (Å²) in [5.41, 5.74) is 9.65. The number of benzene rings is 2. The molecule has 0 spiro atoms. The Morgan fingerprint density at radius 3 is 2.66 bits per heavy atom.